The smallest absolute Gasteiger partial charge is 0.222 e. The van der Waals surface area contributed by atoms with E-state index in [1.807, 2.05) is 30.3 Å². The highest BCUT2D eigenvalue weighted by atomic mass is 32.2. The van der Waals surface area contributed by atoms with Crippen LogP contribution in [0.15, 0.2) is 46.4 Å². The molecule has 0 amide bonds. The quantitative estimate of drug-likeness (QED) is 0.558. The van der Waals surface area contributed by atoms with Crippen molar-refractivity contribution in [1.82, 2.24) is 0 Å². The van der Waals surface area contributed by atoms with Crippen LogP contribution in [-0.2, 0) is 0 Å². The molecule has 78 valence electrons. The van der Waals surface area contributed by atoms with Gasteiger partial charge in [-0.2, -0.15) is 0 Å². The van der Waals surface area contributed by atoms with Crippen LogP contribution in [0.3, 0.4) is 0 Å². The van der Waals surface area contributed by atoms with E-state index in [-0.39, 0.29) is 10.8 Å². The molecule has 0 saturated heterocycles. The van der Waals surface area contributed by atoms with Crippen molar-refractivity contribution < 1.29 is 10.0 Å². The van der Waals surface area contributed by atoms with Crippen LogP contribution in [0.5, 0.6) is 0 Å². The number of Topliss-reactive ketones (excluding diaryl/α,β-unsaturated/α-hetero) is 1. The number of nitrogens with zero attached hydrogens (tertiary/aromatic N) is 1. The molecular formula is C12H7NO2S. The fraction of sp³-hybridized carbons (Fsp3) is 0. The summed E-state index contributed by atoms with van der Waals surface area (Å²) in [6.07, 6.45) is 0. The lowest BCUT2D eigenvalue weighted by molar-refractivity contribution is 0.106. The molecule has 1 aliphatic rings. The lowest BCUT2D eigenvalue weighted by Gasteiger charge is -2.01. The molecule has 1 heterocycles. The van der Waals surface area contributed by atoms with Crippen molar-refractivity contribution in [2.75, 3.05) is 0 Å². The summed E-state index contributed by atoms with van der Waals surface area (Å²) in [6, 6.07) is 11.5. The van der Waals surface area contributed by atoms with Gasteiger partial charge in [-0.25, -0.2) is 0 Å². The largest absolute Gasteiger partial charge is 0.410 e. The van der Waals surface area contributed by atoms with E-state index < -0.39 is 0 Å². The molecule has 0 bridgehead atoms. The van der Waals surface area contributed by atoms with Gasteiger partial charge in [0.1, 0.15) is 0 Å². The van der Waals surface area contributed by atoms with E-state index in [4.69, 9.17) is 5.21 Å². The molecule has 0 unspecified atom stereocenters. The van der Waals surface area contributed by atoms with Gasteiger partial charge in [-0.05, 0) is 16.8 Å². The number of hydrogen-bond donors (Lipinski definition) is 1. The maximum absolute atomic E-state index is 11.8. The Balaban J connectivity index is 2.36. The second-order valence-corrected chi connectivity index (χ2v) is 4.50. The third-order valence-electron chi connectivity index (χ3n) is 2.61. The average molecular weight is 229 g/mol. The first-order valence-electron chi connectivity index (χ1n) is 4.77. The molecule has 0 fully saturated rings. The van der Waals surface area contributed by atoms with Crippen molar-refractivity contribution in [3.63, 3.8) is 0 Å². The molecule has 0 atom stereocenters. The number of thioether (sulfide) groups is 1. The second kappa shape index (κ2) is 3.35. The molecule has 0 saturated carbocycles. The van der Waals surface area contributed by atoms with Gasteiger partial charge in [0.05, 0.1) is 0 Å². The lowest BCUT2D eigenvalue weighted by Crippen LogP contribution is -2.02. The van der Waals surface area contributed by atoms with Gasteiger partial charge in [0.25, 0.3) is 0 Å². The molecular weight excluding hydrogens is 222 g/mol. The number of oxime groups is 1. The number of carbonyl (C=O) groups excluding carboxylic acids is 1. The first-order valence-corrected chi connectivity index (χ1v) is 5.59. The number of rotatable bonds is 0. The Bertz CT molecular complexity index is 634. The second-order valence-electron chi connectivity index (χ2n) is 3.50. The minimum atomic E-state index is -0.201. The van der Waals surface area contributed by atoms with Gasteiger partial charge >= 0.3 is 0 Å². The Kier molecular flexibility index (Phi) is 1.97. The van der Waals surface area contributed by atoms with Crippen LogP contribution in [0.2, 0.25) is 0 Å². The molecule has 2 aromatic rings. The Morgan fingerprint density at radius 1 is 1.12 bits per heavy atom. The third kappa shape index (κ3) is 1.17. The van der Waals surface area contributed by atoms with Gasteiger partial charge < -0.3 is 5.21 Å². The maximum atomic E-state index is 11.8. The van der Waals surface area contributed by atoms with Crippen molar-refractivity contribution in [2.24, 2.45) is 5.16 Å². The Labute approximate surface area is 95.8 Å². The van der Waals surface area contributed by atoms with Crippen molar-refractivity contribution in [3.8, 4) is 0 Å². The highest BCUT2D eigenvalue weighted by Crippen LogP contribution is 2.38. The van der Waals surface area contributed by atoms with E-state index in [0.717, 1.165) is 15.7 Å². The Morgan fingerprint density at radius 2 is 1.94 bits per heavy atom. The molecule has 0 spiro atoms. The van der Waals surface area contributed by atoms with Crippen molar-refractivity contribution in [2.45, 2.75) is 4.90 Å². The standard InChI is InChI=1S/C12H7NO2S/c14-10-9-6-5-7-3-1-2-4-8(7)11(9)16-12(10)13-15/h1-6,15H/b13-12+. The molecule has 3 nitrogen and oxygen atoms in total. The van der Waals surface area contributed by atoms with E-state index in [2.05, 4.69) is 5.16 Å². The van der Waals surface area contributed by atoms with E-state index in [1.165, 1.54) is 11.8 Å². The highest BCUT2D eigenvalue weighted by Gasteiger charge is 2.29. The first-order chi connectivity index (χ1) is 7.81. The molecule has 0 aliphatic carbocycles. The summed E-state index contributed by atoms with van der Waals surface area (Å²) in [4.78, 5) is 12.6. The zero-order valence-corrected chi connectivity index (χ0v) is 8.99. The first kappa shape index (κ1) is 9.42. The van der Waals surface area contributed by atoms with Crippen molar-refractivity contribution in [1.29, 1.82) is 0 Å². The summed E-state index contributed by atoms with van der Waals surface area (Å²) in [6.45, 7) is 0. The van der Waals surface area contributed by atoms with E-state index in [1.54, 1.807) is 6.07 Å². The number of carbonyl (C=O) groups is 1. The Hall–Kier alpha value is -1.81. The van der Waals surface area contributed by atoms with Crippen LogP contribution in [-0.4, -0.2) is 16.0 Å². The molecule has 3 rings (SSSR count). The molecule has 1 aliphatic heterocycles. The number of fused-ring (bicyclic) bond motifs is 3. The summed E-state index contributed by atoms with van der Waals surface area (Å²) in [7, 11) is 0. The zero-order valence-electron chi connectivity index (χ0n) is 8.18. The van der Waals surface area contributed by atoms with Gasteiger partial charge in [-0.15, -0.1) is 0 Å². The third-order valence-corrected chi connectivity index (χ3v) is 3.71. The van der Waals surface area contributed by atoms with Gasteiger partial charge in [0.2, 0.25) is 5.78 Å². The molecule has 0 aromatic heterocycles. The molecule has 2 aromatic carbocycles. The number of hydrogen-bond acceptors (Lipinski definition) is 4. The van der Waals surface area contributed by atoms with Gasteiger partial charge in [-0.3, -0.25) is 4.79 Å². The summed E-state index contributed by atoms with van der Waals surface area (Å²) < 4.78 is 0. The number of ketones is 1. The Morgan fingerprint density at radius 3 is 2.75 bits per heavy atom. The van der Waals surface area contributed by atoms with Gasteiger partial charge in [0, 0.05) is 10.5 Å². The number of benzene rings is 2. The van der Waals surface area contributed by atoms with Crippen LogP contribution in [0, 0.1) is 0 Å². The predicted molar refractivity (Wildman–Crippen MR) is 63.4 cm³/mol. The SMILES string of the molecule is O=C1/C(=N\O)Sc2c1ccc1ccccc21. The monoisotopic (exact) mass is 229 g/mol. The molecule has 4 heteroatoms. The fourth-order valence-electron chi connectivity index (χ4n) is 1.86. The van der Waals surface area contributed by atoms with Crippen molar-refractivity contribution >= 4 is 33.4 Å². The van der Waals surface area contributed by atoms with Gasteiger partial charge in [0.15, 0.2) is 5.04 Å². The molecule has 0 radical (unpaired) electrons. The minimum absolute atomic E-state index is 0.145. The van der Waals surface area contributed by atoms with Crippen LogP contribution in [0.1, 0.15) is 10.4 Å². The van der Waals surface area contributed by atoms with Crippen molar-refractivity contribution in [3.05, 3.63) is 42.0 Å². The van der Waals surface area contributed by atoms with E-state index >= 15 is 0 Å². The average Bonchev–Trinajstić information content (AvgIpc) is 2.67. The van der Waals surface area contributed by atoms with E-state index in [9.17, 15) is 4.79 Å². The summed E-state index contributed by atoms with van der Waals surface area (Å²) in [5.41, 5.74) is 0.622. The highest BCUT2D eigenvalue weighted by molar-refractivity contribution is 8.16. The zero-order chi connectivity index (χ0) is 11.1. The minimum Gasteiger partial charge on any atom is -0.410 e. The van der Waals surface area contributed by atoms with Crippen LogP contribution in [0.25, 0.3) is 10.8 Å². The summed E-state index contributed by atoms with van der Waals surface area (Å²) in [5, 5.41) is 14.0. The normalized spacial score (nSPS) is 17.0. The molecule has 1 N–H and O–H groups in total. The van der Waals surface area contributed by atoms with E-state index in [0.29, 0.717) is 5.56 Å². The lowest BCUT2D eigenvalue weighted by atomic mass is 10.0. The predicted octanol–water partition coefficient (Wildman–Crippen LogP) is 2.92. The van der Waals surface area contributed by atoms with Crippen LogP contribution >= 0.6 is 11.8 Å². The van der Waals surface area contributed by atoms with Gasteiger partial charge in [-0.1, -0.05) is 47.2 Å². The maximum Gasteiger partial charge on any atom is 0.222 e. The summed E-state index contributed by atoms with van der Waals surface area (Å²) >= 11 is 1.22. The molecule has 16 heavy (non-hydrogen) atoms. The van der Waals surface area contributed by atoms with Crippen LogP contribution in [0.4, 0.5) is 0 Å². The van der Waals surface area contributed by atoms with Crippen LogP contribution < -0.4 is 0 Å². The fourth-order valence-corrected chi connectivity index (χ4v) is 2.86. The summed E-state index contributed by atoms with van der Waals surface area (Å²) in [5.74, 6) is -0.201. The topological polar surface area (TPSA) is 49.7 Å².